The highest BCUT2D eigenvalue weighted by molar-refractivity contribution is 6.30. The number of amides is 1. The van der Waals surface area contributed by atoms with Gasteiger partial charge in [0, 0.05) is 42.6 Å². The Bertz CT molecular complexity index is 1060. The number of hydrogen-bond acceptors (Lipinski definition) is 4. The van der Waals surface area contributed by atoms with Crippen molar-refractivity contribution in [1.29, 1.82) is 0 Å². The summed E-state index contributed by atoms with van der Waals surface area (Å²) in [7, 11) is 1.65. The molecule has 0 bridgehead atoms. The zero-order valence-electron chi connectivity index (χ0n) is 18.4. The molecule has 1 fully saturated rings. The van der Waals surface area contributed by atoms with Gasteiger partial charge >= 0.3 is 0 Å². The van der Waals surface area contributed by atoms with Crippen molar-refractivity contribution in [3.8, 4) is 22.7 Å². The predicted molar refractivity (Wildman–Crippen MR) is 127 cm³/mol. The molecule has 1 N–H and O–H groups in total. The van der Waals surface area contributed by atoms with Crippen LogP contribution in [0.2, 0.25) is 5.02 Å². The van der Waals surface area contributed by atoms with Crippen molar-refractivity contribution < 1.29 is 14.3 Å². The Morgan fingerprint density at radius 2 is 1.78 bits per heavy atom. The van der Waals surface area contributed by atoms with Crippen molar-refractivity contribution in [2.45, 2.75) is 6.92 Å². The lowest BCUT2D eigenvalue weighted by molar-refractivity contribution is 0.0383. The molecule has 0 radical (unpaired) electrons. The van der Waals surface area contributed by atoms with Gasteiger partial charge in [0.15, 0.2) is 0 Å². The number of halogens is 1. The van der Waals surface area contributed by atoms with Gasteiger partial charge < -0.3 is 19.4 Å². The van der Waals surface area contributed by atoms with Crippen molar-refractivity contribution in [2.75, 3.05) is 46.5 Å². The monoisotopic (exact) mass is 453 g/mol. The number of nitrogens with zero attached hydrogens (tertiary/aromatic N) is 2. The third kappa shape index (κ3) is 4.99. The van der Waals surface area contributed by atoms with E-state index in [0.29, 0.717) is 17.1 Å². The summed E-state index contributed by atoms with van der Waals surface area (Å²) in [6, 6.07) is 17.4. The van der Waals surface area contributed by atoms with Crippen LogP contribution >= 0.6 is 11.6 Å². The molecular formula is C25H28ClN3O3. The number of aromatic nitrogens is 1. The second-order valence-corrected chi connectivity index (χ2v) is 8.22. The SMILES string of the molecule is COc1ccc(-n2c(-c3ccc(Cl)cc3)cc(C(=O)NCCN3CCOCC3)c2C)cc1. The van der Waals surface area contributed by atoms with E-state index >= 15 is 0 Å². The van der Waals surface area contributed by atoms with Gasteiger partial charge in [-0.3, -0.25) is 9.69 Å². The van der Waals surface area contributed by atoms with Gasteiger partial charge in [0.05, 0.1) is 31.6 Å². The van der Waals surface area contributed by atoms with Gasteiger partial charge in [0.1, 0.15) is 5.75 Å². The summed E-state index contributed by atoms with van der Waals surface area (Å²) in [5.41, 5.74) is 4.42. The summed E-state index contributed by atoms with van der Waals surface area (Å²) >= 11 is 6.10. The highest BCUT2D eigenvalue weighted by atomic mass is 35.5. The first-order chi connectivity index (χ1) is 15.6. The normalized spacial score (nSPS) is 14.3. The third-order valence-electron chi connectivity index (χ3n) is 5.78. The van der Waals surface area contributed by atoms with E-state index in [-0.39, 0.29) is 5.91 Å². The van der Waals surface area contributed by atoms with Crippen LogP contribution in [0, 0.1) is 6.92 Å². The lowest BCUT2D eigenvalue weighted by Gasteiger charge is -2.26. The van der Waals surface area contributed by atoms with E-state index < -0.39 is 0 Å². The minimum Gasteiger partial charge on any atom is -0.497 e. The van der Waals surface area contributed by atoms with E-state index in [4.69, 9.17) is 21.1 Å². The van der Waals surface area contributed by atoms with Crippen LogP contribution in [-0.4, -0.2) is 61.9 Å². The van der Waals surface area contributed by atoms with E-state index in [1.165, 1.54) is 0 Å². The zero-order chi connectivity index (χ0) is 22.5. The highest BCUT2D eigenvalue weighted by Gasteiger charge is 2.20. The molecule has 1 amide bonds. The lowest BCUT2D eigenvalue weighted by Crippen LogP contribution is -2.41. The molecule has 0 spiro atoms. The number of benzene rings is 2. The minimum absolute atomic E-state index is 0.0711. The first kappa shape index (κ1) is 22.4. The van der Waals surface area contributed by atoms with Crippen molar-refractivity contribution in [2.24, 2.45) is 0 Å². The van der Waals surface area contributed by atoms with Crippen LogP contribution in [0.15, 0.2) is 54.6 Å². The smallest absolute Gasteiger partial charge is 0.253 e. The Kier molecular flexibility index (Phi) is 7.15. The molecule has 0 unspecified atom stereocenters. The minimum atomic E-state index is -0.0711. The maximum atomic E-state index is 13.1. The number of morpholine rings is 1. The molecule has 1 aliphatic heterocycles. The molecule has 1 aromatic heterocycles. The van der Waals surface area contributed by atoms with Crippen LogP contribution in [0.1, 0.15) is 16.1 Å². The highest BCUT2D eigenvalue weighted by Crippen LogP contribution is 2.31. The van der Waals surface area contributed by atoms with E-state index in [1.807, 2.05) is 61.5 Å². The molecule has 0 aliphatic carbocycles. The van der Waals surface area contributed by atoms with Gasteiger partial charge in [-0.25, -0.2) is 0 Å². The predicted octanol–water partition coefficient (Wildman–Crippen LogP) is 4.18. The number of nitrogens with one attached hydrogen (secondary N) is 1. The number of carbonyl (C=O) groups is 1. The molecule has 2 aromatic carbocycles. The average Bonchev–Trinajstić information content (AvgIpc) is 3.17. The summed E-state index contributed by atoms with van der Waals surface area (Å²) in [5, 5.41) is 3.76. The third-order valence-corrected chi connectivity index (χ3v) is 6.03. The van der Waals surface area contributed by atoms with Gasteiger partial charge in [-0.15, -0.1) is 0 Å². The maximum Gasteiger partial charge on any atom is 0.253 e. The Labute approximate surface area is 193 Å². The summed E-state index contributed by atoms with van der Waals surface area (Å²) in [4.78, 5) is 15.4. The number of hydrogen-bond donors (Lipinski definition) is 1. The molecule has 7 heteroatoms. The van der Waals surface area contributed by atoms with Gasteiger partial charge in [-0.2, -0.15) is 0 Å². The van der Waals surface area contributed by atoms with Gasteiger partial charge in [0.2, 0.25) is 0 Å². The molecule has 2 heterocycles. The zero-order valence-corrected chi connectivity index (χ0v) is 19.2. The number of carbonyl (C=O) groups excluding carboxylic acids is 1. The van der Waals surface area contributed by atoms with Crippen LogP contribution in [0.3, 0.4) is 0 Å². The van der Waals surface area contributed by atoms with Crippen molar-refractivity contribution >= 4 is 17.5 Å². The van der Waals surface area contributed by atoms with Crippen LogP contribution < -0.4 is 10.1 Å². The molecule has 1 saturated heterocycles. The van der Waals surface area contributed by atoms with E-state index in [0.717, 1.165) is 61.2 Å². The quantitative estimate of drug-likeness (QED) is 0.583. The summed E-state index contributed by atoms with van der Waals surface area (Å²) in [6.07, 6.45) is 0. The summed E-state index contributed by atoms with van der Waals surface area (Å²) in [5.74, 6) is 0.714. The van der Waals surface area contributed by atoms with Crippen molar-refractivity contribution in [3.05, 3.63) is 70.9 Å². The fourth-order valence-electron chi connectivity index (χ4n) is 3.98. The standard InChI is InChI=1S/C25H28ClN3O3/c1-18-23(25(30)27-11-12-28-13-15-32-16-14-28)17-24(19-3-5-20(26)6-4-19)29(18)21-7-9-22(31-2)10-8-21/h3-10,17H,11-16H2,1-2H3,(H,27,30). The molecule has 0 atom stereocenters. The number of methoxy groups -OCH3 is 1. The van der Waals surface area contributed by atoms with E-state index in [9.17, 15) is 4.79 Å². The first-order valence-electron chi connectivity index (χ1n) is 10.8. The Morgan fingerprint density at radius 3 is 2.44 bits per heavy atom. The molecule has 3 aromatic rings. The second kappa shape index (κ2) is 10.2. The fraction of sp³-hybridized carbons (Fsp3) is 0.320. The molecule has 6 nitrogen and oxygen atoms in total. The largest absolute Gasteiger partial charge is 0.497 e. The van der Waals surface area contributed by atoms with Gasteiger partial charge in [-0.1, -0.05) is 23.7 Å². The Balaban J connectivity index is 1.62. The Hall–Kier alpha value is -2.80. The van der Waals surface area contributed by atoms with Gasteiger partial charge in [-0.05, 0) is 55.0 Å². The van der Waals surface area contributed by atoms with Crippen LogP contribution in [0.5, 0.6) is 5.75 Å². The molecule has 4 rings (SSSR count). The summed E-state index contributed by atoms with van der Waals surface area (Å²) in [6.45, 7) is 6.71. The van der Waals surface area contributed by atoms with E-state index in [1.54, 1.807) is 7.11 Å². The number of rotatable bonds is 7. The van der Waals surface area contributed by atoms with E-state index in [2.05, 4.69) is 14.8 Å². The molecule has 32 heavy (non-hydrogen) atoms. The molecule has 168 valence electrons. The van der Waals surface area contributed by atoms with Crippen molar-refractivity contribution in [3.63, 3.8) is 0 Å². The molecule has 0 saturated carbocycles. The van der Waals surface area contributed by atoms with Gasteiger partial charge in [0.25, 0.3) is 5.91 Å². The topological polar surface area (TPSA) is 55.7 Å². The van der Waals surface area contributed by atoms with Crippen LogP contribution in [-0.2, 0) is 4.74 Å². The number of ether oxygens (including phenoxy) is 2. The Morgan fingerprint density at radius 1 is 1.09 bits per heavy atom. The first-order valence-corrected chi connectivity index (χ1v) is 11.2. The second-order valence-electron chi connectivity index (χ2n) is 7.78. The summed E-state index contributed by atoms with van der Waals surface area (Å²) < 4.78 is 12.8. The maximum absolute atomic E-state index is 13.1. The molecular weight excluding hydrogens is 426 g/mol. The molecule has 1 aliphatic rings. The fourth-order valence-corrected chi connectivity index (χ4v) is 4.11. The van der Waals surface area contributed by atoms with Crippen LogP contribution in [0.4, 0.5) is 0 Å². The average molecular weight is 454 g/mol. The van der Waals surface area contributed by atoms with Crippen molar-refractivity contribution in [1.82, 2.24) is 14.8 Å². The van der Waals surface area contributed by atoms with Crippen LogP contribution in [0.25, 0.3) is 16.9 Å². The lowest BCUT2D eigenvalue weighted by atomic mass is 10.1.